The third-order valence-corrected chi connectivity index (χ3v) is 2.87. The molecule has 0 fully saturated rings. The van der Waals surface area contributed by atoms with Crippen LogP contribution in [0.25, 0.3) is 0 Å². The van der Waals surface area contributed by atoms with Crippen LogP contribution in [0.3, 0.4) is 0 Å². The van der Waals surface area contributed by atoms with Crippen LogP contribution in [0.2, 0.25) is 0 Å². The van der Waals surface area contributed by atoms with Gasteiger partial charge < -0.3 is 9.47 Å². The zero-order valence-corrected chi connectivity index (χ0v) is 13.7. The lowest BCUT2D eigenvalue weighted by molar-refractivity contribution is -0.142. The van der Waals surface area contributed by atoms with E-state index in [4.69, 9.17) is 0 Å². The minimum Gasteiger partial charge on any atom is -0.463 e. The molecule has 0 atom stereocenters. The molecular formula is C19H20O5. The molecule has 0 unspecified atom stereocenters. The summed E-state index contributed by atoms with van der Waals surface area (Å²) in [5.41, 5.74) is 0.854. The van der Waals surface area contributed by atoms with E-state index in [9.17, 15) is 14.4 Å². The summed E-state index contributed by atoms with van der Waals surface area (Å²) in [7, 11) is 1.56. The van der Waals surface area contributed by atoms with Gasteiger partial charge in [0.2, 0.25) is 11.6 Å². The molecule has 0 saturated heterocycles. The lowest BCUT2D eigenvalue weighted by Gasteiger charge is -1.99. The van der Waals surface area contributed by atoms with E-state index in [1.54, 1.807) is 55.6 Å². The quantitative estimate of drug-likeness (QED) is 0.353. The van der Waals surface area contributed by atoms with Gasteiger partial charge in [0, 0.05) is 25.2 Å². The standard InChI is InChI=1S/C14H10O2.C5H10O3/c15-13(11-7-3-1-4-8-11)14(16)12-9-5-2-6-10-12;1-5(6)8-4-3-7-2/h1-10H;3-4H2,1-2H3. The summed E-state index contributed by atoms with van der Waals surface area (Å²) in [5.74, 6) is -1.19. The van der Waals surface area contributed by atoms with Gasteiger partial charge in [-0.2, -0.15) is 0 Å². The van der Waals surface area contributed by atoms with Gasteiger partial charge in [-0.25, -0.2) is 0 Å². The van der Waals surface area contributed by atoms with Crippen LogP contribution in [0.1, 0.15) is 27.6 Å². The van der Waals surface area contributed by atoms with E-state index in [-0.39, 0.29) is 5.97 Å². The van der Waals surface area contributed by atoms with E-state index in [1.807, 2.05) is 12.1 Å². The first-order valence-electron chi connectivity index (χ1n) is 7.37. The molecule has 2 aromatic rings. The van der Waals surface area contributed by atoms with Gasteiger partial charge in [0.15, 0.2) is 0 Å². The maximum Gasteiger partial charge on any atom is 0.302 e. The summed E-state index contributed by atoms with van der Waals surface area (Å²) in [4.78, 5) is 33.6. The summed E-state index contributed by atoms with van der Waals surface area (Å²) < 4.78 is 9.13. The van der Waals surface area contributed by atoms with Crippen molar-refractivity contribution in [2.45, 2.75) is 6.92 Å². The number of esters is 1. The molecule has 0 aliphatic heterocycles. The van der Waals surface area contributed by atoms with Crippen molar-refractivity contribution in [2.24, 2.45) is 0 Å². The largest absolute Gasteiger partial charge is 0.463 e. The van der Waals surface area contributed by atoms with Crippen LogP contribution >= 0.6 is 0 Å². The normalized spacial score (nSPS) is 9.42. The Bertz CT molecular complexity index is 600. The van der Waals surface area contributed by atoms with Crippen molar-refractivity contribution in [2.75, 3.05) is 20.3 Å². The highest BCUT2D eigenvalue weighted by Gasteiger charge is 2.16. The van der Waals surface area contributed by atoms with Gasteiger partial charge in [-0.3, -0.25) is 14.4 Å². The lowest BCUT2D eigenvalue weighted by Crippen LogP contribution is -2.14. The second-order valence-corrected chi connectivity index (χ2v) is 4.72. The predicted molar refractivity (Wildman–Crippen MR) is 90.1 cm³/mol. The monoisotopic (exact) mass is 328 g/mol. The molecule has 2 rings (SSSR count). The lowest BCUT2D eigenvalue weighted by atomic mass is 10.0. The molecule has 24 heavy (non-hydrogen) atoms. The Morgan fingerprint density at radius 3 is 1.50 bits per heavy atom. The fraction of sp³-hybridized carbons (Fsp3) is 0.211. The van der Waals surface area contributed by atoms with E-state index in [1.165, 1.54) is 6.92 Å². The molecule has 0 aliphatic rings. The molecule has 0 N–H and O–H groups in total. The van der Waals surface area contributed by atoms with Crippen molar-refractivity contribution in [1.29, 1.82) is 0 Å². The fourth-order valence-corrected chi connectivity index (χ4v) is 1.71. The third-order valence-electron chi connectivity index (χ3n) is 2.87. The zero-order chi connectivity index (χ0) is 17.8. The zero-order valence-electron chi connectivity index (χ0n) is 13.7. The Kier molecular flexibility index (Phi) is 8.71. The van der Waals surface area contributed by atoms with Gasteiger partial charge in [-0.1, -0.05) is 60.7 Å². The Labute approximate surface area is 141 Å². The van der Waals surface area contributed by atoms with Crippen molar-refractivity contribution in [3.63, 3.8) is 0 Å². The Morgan fingerprint density at radius 1 is 0.750 bits per heavy atom. The summed E-state index contributed by atoms with van der Waals surface area (Å²) in [6.07, 6.45) is 0. The number of carbonyl (C=O) groups excluding carboxylic acids is 3. The average Bonchev–Trinajstić information content (AvgIpc) is 2.62. The van der Waals surface area contributed by atoms with Crippen molar-refractivity contribution >= 4 is 17.5 Å². The SMILES string of the molecule is COCCOC(C)=O.O=C(C(=O)c1ccccc1)c1ccccc1. The number of benzene rings is 2. The summed E-state index contributed by atoms with van der Waals surface area (Å²) in [6.45, 7) is 2.20. The summed E-state index contributed by atoms with van der Waals surface area (Å²) in [5, 5.41) is 0. The Hall–Kier alpha value is -2.79. The topological polar surface area (TPSA) is 69.7 Å². The van der Waals surface area contributed by atoms with E-state index in [0.717, 1.165) is 0 Å². The van der Waals surface area contributed by atoms with Crippen LogP contribution in [0.4, 0.5) is 0 Å². The van der Waals surface area contributed by atoms with E-state index >= 15 is 0 Å². The van der Waals surface area contributed by atoms with Gasteiger partial charge in [-0.05, 0) is 0 Å². The van der Waals surface area contributed by atoms with E-state index in [2.05, 4.69) is 9.47 Å². The number of methoxy groups -OCH3 is 1. The number of rotatable bonds is 6. The molecule has 0 radical (unpaired) electrons. The molecule has 0 spiro atoms. The molecule has 0 aliphatic carbocycles. The highest BCUT2D eigenvalue weighted by Crippen LogP contribution is 2.07. The number of ether oxygens (including phenoxy) is 2. The van der Waals surface area contributed by atoms with Crippen molar-refractivity contribution < 1.29 is 23.9 Å². The van der Waals surface area contributed by atoms with E-state index < -0.39 is 11.6 Å². The molecule has 126 valence electrons. The Balaban J connectivity index is 0.000000307. The minimum absolute atomic E-state index is 0.262. The van der Waals surface area contributed by atoms with Crippen LogP contribution < -0.4 is 0 Å². The molecule has 0 amide bonds. The maximum atomic E-state index is 11.8. The van der Waals surface area contributed by atoms with Crippen molar-refractivity contribution in [1.82, 2.24) is 0 Å². The molecule has 2 aromatic carbocycles. The van der Waals surface area contributed by atoms with Crippen molar-refractivity contribution in [3.05, 3.63) is 71.8 Å². The third kappa shape index (κ3) is 6.98. The van der Waals surface area contributed by atoms with E-state index in [0.29, 0.717) is 24.3 Å². The van der Waals surface area contributed by atoms with Crippen LogP contribution in [0.5, 0.6) is 0 Å². The maximum absolute atomic E-state index is 11.8. The van der Waals surface area contributed by atoms with Crippen LogP contribution in [-0.2, 0) is 14.3 Å². The number of Topliss-reactive ketones (excluding diaryl/α,β-unsaturated/α-hetero) is 2. The second-order valence-electron chi connectivity index (χ2n) is 4.72. The molecule has 5 heteroatoms. The fourth-order valence-electron chi connectivity index (χ4n) is 1.71. The summed E-state index contributed by atoms with van der Waals surface area (Å²) in [6, 6.07) is 17.2. The molecule has 0 aromatic heterocycles. The van der Waals surface area contributed by atoms with Crippen molar-refractivity contribution in [3.8, 4) is 0 Å². The number of hydrogen-bond donors (Lipinski definition) is 0. The number of hydrogen-bond acceptors (Lipinski definition) is 5. The minimum atomic E-state index is -0.466. The molecule has 0 bridgehead atoms. The number of carbonyl (C=O) groups is 3. The number of ketones is 2. The average molecular weight is 328 g/mol. The molecule has 0 heterocycles. The van der Waals surface area contributed by atoms with Crippen LogP contribution in [0, 0.1) is 0 Å². The predicted octanol–water partition coefficient (Wildman–Crippen LogP) is 2.95. The first-order chi connectivity index (χ1) is 11.6. The highest BCUT2D eigenvalue weighted by molar-refractivity contribution is 6.49. The first-order valence-corrected chi connectivity index (χ1v) is 7.37. The van der Waals surface area contributed by atoms with Gasteiger partial charge in [0.25, 0.3) is 0 Å². The van der Waals surface area contributed by atoms with Gasteiger partial charge in [0.05, 0.1) is 6.61 Å². The molecular weight excluding hydrogens is 308 g/mol. The molecule has 0 saturated carbocycles. The smallest absolute Gasteiger partial charge is 0.302 e. The molecule has 5 nitrogen and oxygen atoms in total. The summed E-state index contributed by atoms with van der Waals surface area (Å²) >= 11 is 0. The highest BCUT2D eigenvalue weighted by atomic mass is 16.6. The Morgan fingerprint density at radius 2 is 1.17 bits per heavy atom. The van der Waals surface area contributed by atoms with Crippen LogP contribution in [-0.4, -0.2) is 37.9 Å². The van der Waals surface area contributed by atoms with Crippen LogP contribution in [0.15, 0.2) is 60.7 Å². The van der Waals surface area contributed by atoms with Gasteiger partial charge >= 0.3 is 5.97 Å². The van der Waals surface area contributed by atoms with Gasteiger partial charge in [0.1, 0.15) is 6.61 Å². The van der Waals surface area contributed by atoms with Gasteiger partial charge in [-0.15, -0.1) is 0 Å². The second kappa shape index (κ2) is 10.9. The first kappa shape index (κ1) is 19.3.